The third-order valence-corrected chi connectivity index (χ3v) is 2.51. The standard InChI is InChI=1S/C13H18N2O3/c1-3-15(10-9-12(16)18-2)13(17)14-11-7-5-4-6-8-11/h4-8H,3,9-10H2,1-2H3,(H,14,17). The molecule has 1 N–H and O–H groups in total. The van der Waals surface area contributed by atoms with Crippen LogP contribution >= 0.6 is 0 Å². The number of carbonyl (C=O) groups is 2. The number of carbonyl (C=O) groups excluding carboxylic acids is 2. The number of benzene rings is 1. The van der Waals surface area contributed by atoms with Crippen LogP contribution in [0.1, 0.15) is 13.3 Å². The highest BCUT2D eigenvalue weighted by Gasteiger charge is 2.13. The van der Waals surface area contributed by atoms with Gasteiger partial charge in [0.1, 0.15) is 0 Å². The molecule has 5 nitrogen and oxygen atoms in total. The number of esters is 1. The molecule has 0 fully saturated rings. The van der Waals surface area contributed by atoms with Crippen LogP contribution in [-0.2, 0) is 9.53 Å². The fourth-order valence-corrected chi connectivity index (χ4v) is 1.46. The maximum atomic E-state index is 11.9. The summed E-state index contributed by atoms with van der Waals surface area (Å²) < 4.78 is 4.55. The van der Waals surface area contributed by atoms with Crippen molar-refractivity contribution in [1.82, 2.24) is 4.90 Å². The molecule has 0 unspecified atom stereocenters. The molecule has 0 aliphatic heterocycles. The Morgan fingerprint density at radius 3 is 2.50 bits per heavy atom. The van der Waals surface area contributed by atoms with Crippen LogP contribution in [0.2, 0.25) is 0 Å². The topological polar surface area (TPSA) is 58.6 Å². The summed E-state index contributed by atoms with van der Waals surface area (Å²) in [6.07, 6.45) is 0.201. The molecule has 0 aliphatic rings. The number of hydrogen-bond donors (Lipinski definition) is 1. The lowest BCUT2D eigenvalue weighted by atomic mass is 10.3. The lowest BCUT2D eigenvalue weighted by Crippen LogP contribution is -2.36. The van der Waals surface area contributed by atoms with E-state index in [1.54, 1.807) is 4.90 Å². The molecule has 1 aromatic rings. The normalized spacial score (nSPS) is 9.67. The van der Waals surface area contributed by atoms with E-state index in [9.17, 15) is 9.59 Å². The molecular weight excluding hydrogens is 232 g/mol. The van der Waals surface area contributed by atoms with E-state index >= 15 is 0 Å². The Hall–Kier alpha value is -2.04. The summed E-state index contributed by atoms with van der Waals surface area (Å²) in [5.74, 6) is -0.319. The van der Waals surface area contributed by atoms with Crippen molar-refractivity contribution >= 4 is 17.7 Å². The van der Waals surface area contributed by atoms with E-state index in [0.29, 0.717) is 13.1 Å². The number of nitrogens with zero attached hydrogens (tertiary/aromatic N) is 1. The van der Waals surface area contributed by atoms with Crippen LogP contribution in [0.5, 0.6) is 0 Å². The smallest absolute Gasteiger partial charge is 0.321 e. The van der Waals surface area contributed by atoms with Gasteiger partial charge in [0.2, 0.25) is 0 Å². The SMILES string of the molecule is CCN(CCC(=O)OC)C(=O)Nc1ccccc1. The molecule has 1 aromatic carbocycles. The molecule has 0 saturated carbocycles. The lowest BCUT2D eigenvalue weighted by Gasteiger charge is -2.20. The molecular formula is C13H18N2O3. The minimum atomic E-state index is -0.319. The van der Waals surface area contributed by atoms with Crippen LogP contribution in [-0.4, -0.2) is 37.1 Å². The van der Waals surface area contributed by atoms with Gasteiger partial charge in [-0.3, -0.25) is 4.79 Å². The van der Waals surface area contributed by atoms with Crippen molar-refractivity contribution in [3.63, 3.8) is 0 Å². The minimum Gasteiger partial charge on any atom is -0.469 e. The molecule has 0 saturated heterocycles. The van der Waals surface area contributed by atoms with Crippen LogP contribution < -0.4 is 5.32 Å². The molecule has 5 heteroatoms. The first kappa shape index (κ1) is 14.0. The predicted octanol–water partition coefficient (Wildman–Crippen LogP) is 2.10. The van der Waals surface area contributed by atoms with Gasteiger partial charge in [-0.1, -0.05) is 18.2 Å². The van der Waals surface area contributed by atoms with Gasteiger partial charge in [-0.25, -0.2) is 4.79 Å². The summed E-state index contributed by atoms with van der Waals surface area (Å²) in [5, 5.41) is 2.77. The molecule has 0 radical (unpaired) electrons. The summed E-state index contributed by atoms with van der Waals surface area (Å²) >= 11 is 0. The molecule has 0 aliphatic carbocycles. The van der Waals surface area contributed by atoms with Crippen LogP contribution in [0, 0.1) is 0 Å². The average Bonchev–Trinajstić information content (AvgIpc) is 2.40. The zero-order chi connectivity index (χ0) is 13.4. The number of nitrogens with one attached hydrogen (secondary N) is 1. The van der Waals surface area contributed by atoms with E-state index in [0.717, 1.165) is 5.69 Å². The van der Waals surface area contributed by atoms with Gasteiger partial charge in [0.15, 0.2) is 0 Å². The summed E-state index contributed by atoms with van der Waals surface area (Å²) in [6, 6.07) is 8.98. The Labute approximate surface area is 107 Å². The minimum absolute atomic E-state index is 0.201. The van der Waals surface area contributed by atoms with Crippen LogP contribution in [0.4, 0.5) is 10.5 Å². The Bertz CT molecular complexity index is 392. The highest BCUT2D eigenvalue weighted by atomic mass is 16.5. The highest BCUT2D eigenvalue weighted by Crippen LogP contribution is 2.06. The quantitative estimate of drug-likeness (QED) is 0.814. The van der Waals surface area contributed by atoms with E-state index < -0.39 is 0 Å². The van der Waals surface area contributed by atoms with Crippen LogP contribution in [0.3, 0.4) is 0 Å². The molecule has 0 spiro atoms. The van der Waals surface area contributed by atoms with Crippen molar-refractivity contribution in [2.45, 2.75) is 13.3 Å². The molecule has 2 amide bonds. The van der Waals surface area contributed by atoms with Crippen molar-refractivity contribution in [3.8, 4) is 0 Å². The Morgan fingerprint density at radius 2 is 1.94 bits per heavy atom. The van der Waals surface area contributed by atoms with Crippen molar-refractivity contribution in [2.24, 2.45) is 0 Å². The van der Waals surface area contributed by atoms with Crippen LogP contribution in [0.15, 0.2) is 30.3 Å². The monoisotopic (exact) mass is 250 g/mol. The molecule has 0 atom stereocenters. The van der Waals surface area contributed by atoms with Gasteiger partial charge in [-0.05, 0) is 19.1 Å². The fourth-order valence-electron chi connectivity index (χ4n) is 1.46. The summed E-state index contributed by atoms with van der Waals surface area (Å²) in [4.78, 5) is 24.5. The van der Waals surface area contributed by atoms with Gasteiger partial charge >= 0.3 is 12.0 Å². The molecule has 0 aromatic heterocycles. The number of para-hydroxylation sites is 1. The lowest BCUT2D eigenvalue weighted by molar-refractivity contribution is -0.140. The van der Waals surface area contributed by atoms with Gasteiger partial charge in [-0.2, -0.15) is 0 Å². The highest BCUT2D eigenvalue weighted by molar-refractivity contribution is 5.89. The van der Waals surface area contributed by atoms with E-state index in [2.05, 4.69) is 10.1 Å². The maximum absolute atomic E-state index is 11.9. The molecule has 98 valence electrons. The van der Waals surface area contributed by atoms with Gasteiger partial charge in [0.05, 0.1) is 13.5 Å². The summed E-state index contributed by atoms with van der Waals surface area (Å²) in [7, 11) is 1.34. The average molecular weight is 250 g/mol. The first-order valence-electron chi connectivity index (χ1n) is 5.85. The predicted molar refractivity (Wildman–Crippen MR) is 69.3 cm³/mol. The number of urea groups is 1. The third kappa shape index (κ3) is 4.45. The number of rotatable bonds is 5. The number of amides is 2. The van der Waals surface area contributed by atoms with Gasteiger partial charge in [0.25, 0.3) is 0 Å². The summed E-state index contributed by atoms with van der Waals surface area (Å²) in [5.41, 5.74) is 0.735. The van der Waals surface area contributed by atoms with E-state index in [-0.39, 0.29) is 18.4 Å². The molecule has 0 heterocycles. The van der Waals surface area contributed by atoms with E-state index in [1.165, 1.54) is 7.11 Å². The number of ether oxygens (including phenoxy) is 1. The van der Waals surface area contributed by atoms with Crippen LogP contribution in [0.25, 0.3) is 0 Å². The Kier molecular flexibility index (Phi) is 5.70. The zero-order valence-corrected chi connectivity index (χ0v) is 10.7. The third-order valence-electron chi connectivity index (χ3n) is 2.51. The van der Waals surface area contributed by atoms with Gasteiger partial charge in [-0.15, -0.1) is 0 Å². The molecule has 1 rings (SSSR count). The Balaban J connectivity index is 2.49. The number of methoxy groups -OCH3 is 1. The van der Waals surface area contributed by atoms with Gasteiger partial charge < -0.3 is 15.0 Å². The first-order chi connectivity index (χ1) is 8.67. The van der Waals surface area contributed by atoms with Crippen molar-refractivity contribution < 1.29 is 14.3 Å². The zero-order valence-electron chi connectivity index (χ0n) is 10.7. The maximum Gasteiger partial charge on any atom is 0.321 e. The molecule has 0 bridgehead atoms. The van der Waals surface area contributed by atoms with Gasteiger partial charge in [0, 0.05) is 18.8 Å². The van der Waals surface area contributed by atoms with Crippen molar-refractivity contribution in [1.29, 1.82) is 0 Å². The largest absolute Gasteiger partial charge is 0.469 e. The van der Waals surface area contributed by atoms with E-state index in [1.807, 2.05) is 37.3 Å². The summed E-state index contributed by atoms with van der Waals surface area (Å²) in [6.45, 7) is 2.75. The second-order valence-corrected chi connectivity index (χ2v) is 3.70. The second kappa shape index (κ2) is 7.32. The fraction of sp³-hybridized carbons (Fsp3) is 0.385. The second-order valence-electron chi connectivity index (χ2n) is 3.70. The number of hydrogen-bond acceptors (Lipinski definition) is 3. The Morgan fingerprint density at radius 1 is 1.28 bits per heavy atom. The first-order valence-corrected chi connectivity index (χ1v) is 5.85. The van der Waals surface area contributed by atoms with Crippen molar-refractivity contribution in [3.05, 3.63) is 30.3 Å². The molecule has 18 heavy (non-hydrogen) atoms. The van der Waals surface area contributed by atoms with Crippen molar-refractivity contribution in [2.75, 3.05) is 25.5 Å². The van der Waals surface area contributed by atoms with E-state index in [4.69, 9.17) is 0 Å². The number of anilines is 1.